The highest BCUT2D eigenvalue weighted by Crippen LogP contribution is 2.23. The van der Waals surface area contributed by atoms with E-state index in [-0.39, 0.29) is 17.4 Å². The number of benzene rings is 1. The first kappa shape index (κ1) is 19.3. The number of amides is 2. The number of ether oxygens (including phenoxy) is 1. The lowest BCUT2D eigenvalue weighted by Crippen LogP contribution is -2.38. The molecule has 1 saturated carbocycles. The summed E-state index contributed by atoms with van der Waals surface area (Å²) in [5, 5.41) is 3.56. The lowest BCUT2D eigenvalue weighted by molar-refractivity contribution is -0.135. The van der Waals surface area contributed by atoms with Gasteiger partial charge in [0.15, 0.2) is 6.61 Å². The smallest absolute Gasteiger partial charge is 0.340 e. The number of imide groups is 1. The molecule has 6 nitrogen and oxygen atoms in total. The molecule has 1 heterocycles. The zero-order valence-corrected chi connectivity index (χ0v) is 15.8. The van der Waals surface area contributed by atoms with Crippen molar-refractivity contribution in [3.8, 4) is 0 Å². The zero-order chi connectivity index (χ0) is 19.4. The highest BCUT2D eigenvalue weighted by molar-refractivity contribution is 6.31. The first-order valence-corrected chi connectivity index (χ1v) is 9.39. The first-order chi connectivity index (χ1) is 12.9. The summed E-state index contributed by atoms with van der Waals surface area (Å²) in [5.74, 6) is -1.69. The predicted molar refractivity (Wildman–Crippen MR) is 101 cm³/mol. The van der Waals surface area contributed by atoms with Crippen LogP contribution in [-0.2, 0) is 14.3 Å². The van der Waals surface area contributed by atoms with Crippen LogP contribution < -0.4 is 5.32 Å². The average molecular weight is 389 g/mol. The van der Waals surface area contributed by atoms with Crippen molar-refractivity contribution in [1.82, 2.24) is 10.3 Å². The molecule has 142 valence electrons. The Balaban J connectivity index is 1.60. The number of nitrogens with zero attached hydrogens (tertiary/aromatic N) is 1. The number of nitrogens with one attached hydrogen (secondary N) is 1. The molecule has 0 atom stereocenters. The van der Waals surface area contributed by atoms with E-state index >= 15 is 0 Å². The molecule has 2 amide bonds. The number of fused-ring (bicyclic) bond motifs is 1. The number of pyridine rings is 1. The molecule has 1 fully saturated rings. The van der Waals surface area contributed by atoms with Gasteiger partial charge >= 0.3 is 5.97 Å². The second kappa shape index (κ2) is 8.48. The van der Waals surface area contributed by atoms with Gasteiger partial charge in [-0.2, -0.15) is 0 Å². The lowest BCUT2D eigenvalue weighted by Gasteiger charge is -2.20. The van der Waals surface area contributed by atoms with E-state index in [0.29, 0.717) is 21.6 Å². The number of rotatable bonds is 4. The number of aryl methyl sites for hydroxylation is 1. The van der Waals surface area contributed by atoms with Gasteiger partial charge in [0.1, 0.15) is 0 Å². The molecule has 7 heteroatoms. The van der Waals surface area contributed by atoms with Gasteiger partial charge in [-0.25, -0.2) is 4.79 Å². The molecule has 3 rings (SSSR count). The SMILES string of the molecule is Cc1nc2ccc(Cl)cc2cc1C(=O)OCC(=O)NC(=O)C1CCCCC1. The topological polar surface area (TPSA) is 85.4 Å². The van der Waals surface area contributed by atoms with E-state index in [1.54, 1.807) is 31.2 Å². The molecule has 1 N–H and O–H groups in total. The zero-order valence-electron chi connectivity index (χ0n) is 15.1. The number of hydrogen-bond donors (Lipinski definition) is 1. The van der Waals surface area contributed by atoms with Crippen molar-refractivity contribution in [2.24, 2.45) is 5.92 Å². The quantitative estimate of drug-likeness (QED) is 0.809. The van der Waals surface area contributed by atoms with Crippen molar-refractivity contribution in [2.75, 3.05) is 6.61 Å². The first-order valence-electron chi connectivity index (χ1n) is 9.02. The maximum absolute atomic E-state index is 12.3. The summed E-state index contributed by atoms with van der Waals surface area (Å²) in [4.78, 5) is 40.7. The Bertz CT molecular complexity index is 891. The van der Waals surface area contributed by atoms with Gasteiger partial charge in [-0.3, -0.25) is 19.9 Å². The Kier molecular flexibility index (Phi) is 6.06. The number of halogens is 1. The minimum Gasteiger partial charge on any atom is -0.452 e. The summed E-state index contributed by atoms with van der Waals surface area (Å²) in [6, 6.07) is 6.83. The predicted octanol–water partition coefficient (Wildman–Crippen LogP) is 3.58. The normalized spacial score (nSPS) is 14.7. The molecular formula is C20H21ClN2O4. The molecule has 1 aromatic carbocycles. The second-order valence-corrected chi connectivity index (χ2v) is 7.22. The number of carbonyl (C=O) groups excluding carboxylic acids is 3. The van der Waals surface area contributed by atoms with E-state index in [4.69, 9.17) is 16.3 Å². The van der Waals surface area contributed by atoms with Gasteiger partial charge in [0.25, 0.3) is 5.91 Å². The fourth-order valence-electron chi connectivity index (χ4n) is 3.30. The van der Waals surface area contributed by atoms with Crippen molar-refractivity contribution in [1.29, 1.82) is 0 Å². The van der Waals surface area contributed by atoms with E-state index in [1.165, 1.54) is 0 Å². The van der Waals surface area contributed by atoms with Gasteiger partial charge in [-0.1, -0.05) is 30.9 Å². The molecule has 0 unspecified atom stereocenters. The van der Waals surface area contributed by atoms with E-state index in [0.717, 1.165) is 32.1 Å². The molecule has 1 aliphatic rings. The van der Waals surface area contributed by atoms with Gasteiger partial charge in [-0.15, -0.1) is 0 Å². The van der Waals surface area contributed by atoms with Crippen LogP contribution in [0.1, 0.15) is 48.2 Å². The van der Waals surface area contributed by atoms with Crippen LogP contribution in [0.4, 0.5) is 0 Å². The Morgan fingerprint density at radius 3 is 2.67 bits per heavy atom. The van der Waals surface area contributed by atoms with Crippen LogP contribution in [0.15, 0.2) is 24.3 Å². The molecule has 0 radical (unpaired) electrons. The van der Waals surface area contributed by atoms with Gasteiger partial charge in [0.05, 0.1) is 16.8 Å². The molecule has 27 heavy (non-hydrogen) atoms. The number of esters is 1. The Hall–Kier alpha value is -2.47. The third kappa shape index (κ3) is 4.83. The molecule has 0 saturated heterocycles. The molecular weight excluding hydrogens is 368 g/mol. The van der Waals surface area contributed by atoms with Crippen LogP contribution in [0.25, 0.3) is 10.9 Å². The highest BCUT2D eigenvalue weighted by atomic mass is 35.5. The summed E-state index contributed by atoms with van der Waals surface area (Å²) in [7, 11) is 0. The second-order valence-electron chi connectivity index (χ2n) is 6.78. The van der Waals surface area contributed by atoms with Crippen molar-refractivity contribution >= 4 is 40.3 Å². The lowest BCUT2D eigenvalue weighted by atomic mass is 9.89. The van der Waals surface area contributed by atoms with E-state index in [9.17, 15) is 14.4 Å². The Morgan fingerprint density at radius 2 is 1.93 bits per heavy atom. The summed E-state index contributed by atoms with van der Waals surface area (Å²) < 4.78 is 5.06. The summed E-state index contributed by atoms with van der Waals surface area (Å²) >= 11 is 5.98. The van der Waals surface area contributed by atoms with Gasteiger partial charge in [0, 0.05) is 16.3 Å². The molecule has 2 aromatic rings. The van der Waals surface area contributed by atoms with Crippen LogP contribution in [0.2, 0.25) is 5.02 Å². The van der Waals surface area contributed by atoms with Crippen LogP contribution in [-0.4, -0.2) is 29.4 Å². The van der Waals surface area contributed by atoms with E-state index in [2.05, 4.69) is 10.3 Å². The number of hydrogen-bond acceptors (Lipinski definition) is 5. The van der Waals surface area contributed by atoms with Crippen molar-refractivity contribution in [3.63, 3.8) is 0 Å². The van der Waals surface area contributed by atoms with Crippen LogP contribution in [0.3, 0.4) is 0 Å². The summed E-state index contributed by atoms with van der Waals surface area (Å²) in [6.07, 6.45) is 4.71. The standard InChI is InChI=1S/C20H21ClN2O4/c1-12-16(10-14-9-15(21)7-8-17(14)22-12)20(26)27-11-18(24)23-19(25)13-5-3-2-4-6-13/h7-10,13H,2-6,11H2,1H3,(H,23,24,25). The third-order valence-electron chi connectivity index (χ3n) is 4.76. The molecule has 0 spiro atoms. The summed E-state index contributed by atoms with van der Waals surface area (Å²) in [5.41, 5.74) is 1.47. The average Bonchev–Trinajstić information content (AvgIpc) is 2.66. The molecule has 0 aliphatic heterocycles. The van der Waals surface area contributed by atoms with Crippen molar-refractivity contribution < 1.29 is 19.1 Å². The van der Waals surface area contributed by atoms with Crippen molar-refractivity contribution in [2.45, 2.75) is 39.0 Å². The van der Waals surface area contributed by atoms with Gasteiger partial charge in [0.2, 0.25) is 5.91 Å². The van der Waals surface area contributed by atoms with Crippen molar-refractivity contribution in [3.05, 3.63) is 40.5 Å². The van der Waals surface area contributed by atoms with Gasteiger partial charge < -0.3 is 4.74 Å². The van der Waals surface area contributed by atoms with E-state index in [1.807, 2.05) is 0 Å². The number of aromatic nitrogens is 1. The molecule has 1 aromatic heterocycles. The van der Waals surface area contributed by atoms with Gasteiger partial charge in [-0.05, 0) is 44.0 Å². The molecule has 0 bridgehead atoms. The number of carbonyl (C=O) groups is 3. The molecule has 1 aliphatic carbocycles. The fraction of sp³-hybridized carbons (Fsp3) is 0.400. The monoisotopic (exact) mass is 388 g/mol. The Labute approximate surface area is 162 Å². The fourth-order valence-corrected chi connectivity index (χ4v) is 3.48. The maximum atomic E-state index is 12.3. The van der Waals surface area contributed by atoms with Crippen LogP contribution in [0, 0.1) is 12.8 Å². The minimum absolute atomic E-state index is 0.130. The largest absolute Gasteiger partial charge is 0.452 e. The van der Waals surface area contributed by atoms with Crippen LogP contribution in [0.5, 0.6) is 0 Å². The van der Waals surface area contributed by atoms with E-state index < -0.39 is 18.5 Å². The minimum atomic E-state index is -0.665. The van der Waals surface area contributed by atoms with Crippen LogP contribution >= 0.6 is 11.6 Å². The Morgan fingerprint density at radius 1 is 1.19 bits per heavy atom. The third-order valence-corrected chi connectivity index (χ3v) is 5.00. The highest BCUT2D eigenvalue weighted by Gasteiger charge is 2.23. The maximum Gasteiger partial charge on any atom is 0.340 e. The summed E-state index contributed by atoms with van der Waals surface area (Å²) in [6.45, 7) is 1.18.